The lowest BCUT2D eigenvalue weighted by Gasteiger charge is -2.48. The lowest BCUT2D eigenvalue weighted by atomic mass is 10.1. The predicted octanol–water partition coefficient (Wildman–Crippen LogP) is 3.88. The fraction of sp³-hybridized carbons (Fsp3) is 0.938. The predicted molar refractivity (Wildman–Crippen MR) is 88.9 cm³/mol. The van der Waals surface area contributed by atoms with E-state index in [0.717, 1.165) is 0 Å². The Hall–Kier alpha value is -0.393. The quantitative estimate of drug-likeness (QED) is 0.518. The van der Waals surface area contributed by atoms with Gasteiger partial charge in [-0.05, 0) is 23.5 Å². The summed E-state index contributed by atoms with van der Waals surface area (Å²) in [5.41, 5.74) is 0.715. The molecule has 0 aliphatic rings. The number of hydrogen-bond donors (Lipinski definition) is 1. The van der Waals surface area contributed by atoms with Crippen molar-refractivity contribution in [1.82, 2.24) is 0 Å². The van der Waals surface area contributed by atoms with Crippen LogP contribution in [0.4, 0.5) is 0 Å². The van der Waals surface area contributed by atoms with Crippen LogP contribution in [0.5, 0.6) is 0 Å². The molecule has 0 unspecified atom stereocenters. The van der Waals surface area contributed by atoms with Crippen LogP contribution in [0.3, 0.4) is 0 Å². The lowest BCUT2D eigenvalue weighted by Crippen LogP contribution is -2.55. The molecule has 0 aliphatic heterocycles. The Bertz CT molecular complexity index is 306. The summed E-state index contributed by atoms with van der Waals surface area (Å²) < 4.78 is 11.7. The van der Waals surface area contributed by atoms with Crippen LogP contribution in [0.1, 0.15) is 61.8 Å². The van der Waals surface area contributed by atoms with E-state index in [4.69, 9.17) is 9.16 Å². The number of esters is 1. The van der Waals surface area contributed by atoms with Crippen molar-refractivity contribution in [1.29, 1.82) is 0 Å². The van der Waals surface area contributed by atoms with Crippen molar-refractivity contribution in [3.05, 3.63) is 0 Å². The molecule has 0 saturated heterocycles. The molecule has 0 radical (unpaired) electrons. The summed E-state index contributed by atoms with van der Waals surface area (Å²) in [4.78, 5) is 10.9. The first-order valence-electron chi connectivity index (χ1n) is 7.96. The minimum atomic E-state index is -2.06. The van der Waals surface area contributed by atoms with Crippen LogP contribution in [-0.4, -0.2) is 38.2 Å². The summed E-state index contributed by atoms with van der Waals surface area (Å²) >= 11 is 0. The van der Waals surface area contributed by atoms with Gasteiger partial charge in [-0.2, -0.15) is 0 Å². The van der Waals surface area contributed by atoms with Crippen molar-refractivity contribution in [2.45, 2.75) is 84.0 Å². The van der Waals surface area contributed by atoms with E-state index in [1.807, 2.05) is 6.92 Å². The van der Waals surface area contributed by atoms with E-state index in [1.54, 1.807) is 0 Å². The fourth-order valence-corrected chi connectivity index (χ4v) is 9.08. The number of rotatable bonds is 9. The van der Waals surface area contributed by atoms with E-state index in [1.165, 1.54) is 6.92 Å². The third-order valence-corrected chi connectivity index (χ3v) is 10.7. The number of aliphatic hydroxyl groups is 1. The van der Waals surface area contributed by atoms with Crippen LogP contribution in [-0.2, 0) is 14.0 Å². The zero-order chi connectivity index (χ0) is 16.8. The summed E-state index contributed by atoms with van der Waals surface area (Å²) in [6, 6.07) is 0. The van der Waals surface area contributed by atoms with Gasteiger partial charge in [0.1, 0.15) is 0 Å². The van der Waals surface area contributed by atoms with Crippen LogP contribution in [0.2, 0.25) is 16.6 Å². The average molecular weight is 319 g/mol. The lowest BCUT2D eigenvalue weighted by molar-refractivity contribution is -0.142. The first kappa shape index (κ1) is 20.6. The molecule has 0 aromatic carbocycles. The third-order valence-electron chi connectivity index (χ3n) is 4.40. The number of aliphatic hydroxyl groups excluding tert-OH is 1. The molecule has 1 N–H and O–H groups in total. The maximum atomic E-state index is 10.9. The van der Waals surface area contributed by atoms with Crippen LogP contribution in [0.15, 0.2) is 0 Å². The maximum absolute atomic E-state index is 10.9. The number of carbonyl (C=O) groups excluding carboxylic acids is 1. The van der Waals surface area contributed by atoms with E-state index < -0.39 is 13.9 Å². The van der Waals surface area contributed by atoms with Gasteiger partial charge < -0.3 is 14.3 Å². The molecule has 0 heterocycles. The van der Waals surface area contributed by atoms with Crippen molar-refractivity contribution in [3.63, 3.8) is 0 Å². The average Bonchev–Trinajstić information content (AvgIpc) is 2.34. The van der Waals surface area contributed by atoms with Gasteiger partial charge >= 0.3 is 5.97 Å². The van der Waals surface area contributed by atoms with E-state index in [0.29, 0.717) is 23.0 Å². The minimum absolute atomic E-state index is 0.0603. The number of hydrogen-bond acceptors (Lipinski definition) is 4. The molecule has 0 fully saturated rings. The van der Waals surface area contributed by atoms with Crippen LogP contribution in [0, 0.1) is 0 Å². The third kappa shape index (κ3) is 5.38. The highest BCUT2D eigenvalue weighted by atomic mass is 28.4. The second-order valence-corrected chi connectivity index (χ2v) is 12.5. The largest absolute Gasteiger partial charge is 0.466 e. The molecule has 0 saturated carbocycles. The van der Waals surface area contributed by atoms with Gasteiger partial charge in [0.15, 0.2) is 0 Å². The molecule has 0 bridgehead atoms. The molecule has 0 aromatic rings. The van der Waals surface area contributed by atoms with Crippen molar-refractivity contribution in [3.8, 4) is 0 Å². The molecule has 5 heteroatoms. The molecule has 1 atom stereocenters. The van der Waals surface area contributed by atoms with Crippen LogP contribution in [0.25, 0.3) is 0 Å². The van der Waals surface area contributed by atoms with Crippen molar-refractivity contribution < 1.29 is 19.1 Å². The highest BCUT2D eigenvalue weighted by Gasteiger charge is 2.49. The smallest absolute Gasteiger partial charge is 0.302 e. The highest BCUT2D eigenvalue weighted by Crippen LogP contribution is 2.45. The monoisotopic (exact) mass is 318 g/mol. The molecule has 0 aliphatic carbocycles. The van der Waals surface area contributed by atoms with E-state index in [9.17, 15) is 9.90 Å². The highest BCUT2D eigenvalue weighted by molar-refractivity contribution is 6.77. The minimum Gasteiger partial charge on any atom is -0.466 e. The van der Waals surface area contributed by atoms with Gasteiger partial charge in [-0.3, -0.25) is 4.79 Å². The van der Waals surface area contributed by atoms with Crippen molar-refractivity contribution in [2.24, 2.45) is 0 Å². The summed E-state index contributed by atoms with van der Waals surface area (Å²) in [6.07, 6.45) is 0.518. The van der Waals surface area contributed by atoms with E-state index >= 15 is 0 Å². The van der Waals surface area contributed by atoms with Gasteiger partial charge in [-0.1, -0.05) is 41.5 Å². The molecular weight excluding hydrogens is 284 g/mol. The number of ether oxygens (including phenoxy) is 1. The molecule has 0 rings (SSSR count). The topological polar surface area (TPSA) is 55.8 Å². The van der Waals surface area contributed by atoms with Gasteiger partial charge in [-0.15, -0.1) is 0 Å². The van der Waals surface area contributed by atoms with Crippen molar-refractivity contribution in [2.75, 3.05) is 13.2 Å². The molecule has 4 nitrogen and oxygen atoms in total. The van der Waals surface area contributed by atoms with Gasteiger partial charge in [0, 0.05) is 13.3 Å². The molecule has 126 valence electrons. The first-order valence-corrected chi connectivity index (χ1v) is 10.1. The Morgan fingerprint density at radius 1 is 1.10 bits per heavy atom. The molecular formula is C16H34O4Si. The Labute approximate surface area is 131 Å². The molecule has 0 amide bonds. The molecule has 21 heavy (non-hydrogen) atoms. The van der Waals surface area contributed by atoms with Gasteiger partial charge in [-0.25, -0.2) is 0 Å². The summed E-state index contributed by atoms with van der Waals surface area (Å²) in [7, 11) is -2.06. The van der Waals surface area contributed by atoms with E-state index in [2.05, 4.69) is 41.5 Å². The zero-order valence-electron chi connectivity index (χ0n) is 15.0. The second-order valence-electron chi connectivity index (χ2n) is 7.12. The fourth-order valence-electron chi connectivity index (χ4n) is 3.35. The first-order chi connectivity index (χ1) is 9.51. The Balaban J connectivity index is 5.21. The maximum Gasteiger partial charge on any atom is 0.302 e. The normalized spacial score (nSPS) is 15.6. The van der Waals surface area contributed by atoms with Crippen LogP contribution >= 0.6 is 0 Å². The van der Waals surface area contributed by atoms with Gasteiger partial charge in [0.25, 0.3) is 0 Å². The SMILES string of the molecule is CC(=O)OCC[C@](C)(CO)O[Si](C(C)C)(C(C)C)C(C)C. The second kappa shape index (κ2) is 8.29. The number of carbonyl (C=O) groups is 1. The van der Waals surface area contributed by atoms with Crippen molar-refractivity contribution >= 4 is 14.3 Å². The summed E-state index contributed by atoms with van der Waals surface area (Å²) in [5, 5.41) is 9.82. The van der Waals surface area contributed by atoms with Crippen LogP contribution < -0.4 is 0 Å². The Kier molecular flexibility index (Phi) is 8.14. The zero-order valence-corrected chi connectivity index (χ0v) is 16.0. The van der Waals surface area contributed by atoms with Gasteiger partial charge in [0.05, 0.1) is 18.8 Å². The Morgan fingerprint density at radius 2 is 1.52 bits per heavy atom. The summed E-state index contributed by atoms with van der Waals surface area (Å²) in [6.45, 7) is 16.8. The van der Waals surface area contributed by atoms with Gasteiger partial charge in [0.2, 0.25) is 8.32 Å². The Morgan fingerprint density at radius 3 is 1.81 bits per heavy atom. The van der Waals surface area contributed by atoms with E-state index in [-0.39, 0.29) is 19.2 Å². The molecule has 0 spiro atoms. The molecule has 0 aromatic heterocycles. The standard InChI is InChI=1S/C16H34O4Si/c1-12(2)21(13(3)4,14(5)6)20-16(8,11-17)9-10-19-15(7)18/h12-14,17H,9-11H2,1-8H3/t16-/m1/s1. The summed E-state index contributed by atoms with van der Waals surface area (Å²) in [5.74, 6) is -0.296.